The molecule has 0 unspecified atom stereocenters. The van der Waals surface area contributed by atoms with Gasteiger partial charge >= 0.3 is 5.97 Å². The van der Waals surface area contributed by atoms with Gasteiger partial charge in [0, 0.05) is 10.2 Å². The number of hydrogen-bond donors (Lipinski definition) is 1. The van der Waals surface area contributed by atoms with Crippen molar-refractivity contribution in [3.05, 3.63) is 64.4 Å². The lowest BCUT2D eigenvalue weighted by atomic mass is 10.1. The minimum Gasteiger partial charge on any atom is -0.455 e. The summed E-state index contributed by atoms with van der Waals surface area (Å²) in [5.41, 5.74) is 1.23. The number of nitrogens with one attached hydrogen (secondary N) is 1. The summed E-state index contributed by atoms with van der Waals surface area (Å²) in [6.07, 6.45) is -0.00948. The number of benzene rings is 2. The van der Waals surface area contributed by atoms with Gasteiger partial charge in [0.25, 0.3) is 5.91 Å². The summed E-state index contributed by atoms with van der Waals surface area (Å²) < 4.78 is 18.5. The van der Waals surface area contributed by atoms with Gasteiger partial charge < -0.3 is 10.1 Å². The SMILES string of the molecule is O=C(COC(=O)Cc1ccc(F)cc1)Nc1cccc(Br)c1. The minimum atomic E-state index is -0.545. The summed E-state index contributed by atoms with van der Waals surface area (Å²) >= 11 is 3.29. The van der Waals surface area contributed by atoms with Crippen molar-refractivity contribution in [3.8, 4) is 0 Å². The number of halogens is 2. The van der Waals surface area contributed by atoms with Crippen LogP contribution in [0.4, 0.5) is 10.1 Å². The second-order valence-corrected chi connectivity index (χ2v) is 5.44. The molecule has 0 aliphatic carbocycles. The molecule has 2 rings (SSSR count). The molecular weight excluding hydrogens is 353 g/mol. The topological polar surface area (TPSA) is 55.4 Å². The Morgan fingerprint density at radius 3 is 2.55 bits per heavy atom. The zero-order valence-electron chi connectivity index (χ0n) is 11.5. The maximum atomic E-state index is 12.7. The summed E-state index contributed by atoms with van der Waals surface area (Å²) in [7, 11) is 0. The summed E-state index contributed by atoms with van der Waals surface area (Å²) in [4.78, 5) is 23.3. The molecule has 2 aromatic carbocycles. The maximum absolute atomic E-state index is 12.7. The van der Waals surface area contributed by atoms with E-state index in [1.165, 1.54) is 24.3 Å². The molecule has 1 amide bonds. The lowest BCUT2D eigenvalue weighted by Gasteiger charge is -2.07. The van der Waals surface area contributed by atoms with Crippen molar-refractivity contribution in [1.29, 1.82) is 0 Å². The molecule has 0 aliphatic rings. The average molecular weight is 366 g/mol. The van der Waals surface area contributed by atoms with Crippen LogP contribution in [0.25, 0.3) is 0 Å². The highest BCUT2D eigenvalue weighted by atomic mass is 79.9. The molecule has 0 heterocycles. The van der Waals surface area contributed by atoms with Crippen molar-refractivity contribution in [2.75, 3.05) is 11.9 Å². The molecule has 6 heteroatoms. The standard InChI is InChI=1S/C16H13BrFNO3/c17-12-2-1-3-14(9-12)19-15(20)10-22-16(21)8-11-4-6-13(18)7-5-11/h1-7,9H,8,10H2,(H,19,20). The van der Waals surface area contributed by atoms with Crippen molar-refractivity contribution in [1.82, 2.24) is 0 Å². The number of esters is 1. The molecule has 0 spiro atoms. The van der Waals surface area contributed by atoms with Crippen LogP contribution >= 0.6 is 15.9 Å². The van der Waals surface area contributed by atoms with Gasteiger partial charge in [0.15, 0.2) is 6.61 Å². The molecule has 0 saturated heterocycles. The highest BCUT2D eigenvalue weighted by molar-refractivity contribution is 9.10. The fourth-order valence-electron chi connectivity index (χ4n) is 1.73. The van der Waals surface area contributed by atoms with Crippen molar-refractivity contribution < 1.29 is 18.7 Å². The molecule has 0 saturated carbocycles. The number of anilines is 1. The van der Waals surface area contributed by atoms with Crippen LogP contribution in [0, 0.1) is 5.82 Å². The van der Waals surface area contributed by atoms with Gasteiger partial charge in [-0.2, -0.15) is 0 Å². The van der Waals surface area contributed by atoms with Crippen molar-refractivity contribution in [3.63, 3.8) is 0 Å². The first kappa shape index (κ1) is 16.2. The number of ether oxygens (including phenoxy) is 1. The predicted octanol–water partition coefficient (Wildman–Crippen LogP) is 3.31. The molecule has 0 aromatic heterocycles. The zero-order valence-corrected chi connectivity index (χ0v) is 13.1. The third-order valence-electron chi connectivity index (χ3n) is 2.73. The molecule has 0 fully saturated rings. The van der Waals surface area contributed by atoms with Crippen LogP contribution in [-0.2, 0) is 20.7 Å². The maximum Gasteiger partial charge on any atom is 0.310 e. The van der Waals surface area contributed by atoms with Crippen LogP contribution in [0.2, 0.25) is 0 Å². The Labute approximate surface area is 135 Å². The molecule has 1 N–H and O–H groups in total. The van der Waals surface area contributed by atoms with Crippen LogP contribution in [0.3, 0.4) is 0 Å². The van der Waals surface area contributed by atoms with E-state index in [0.29, 0.717) is 11.3 Å². The lowest BCUT2D eigenvalue weighted by molar-refractivity contribution is -0.146. The van der Waals surface area contributed by atoms with Crippen LogP contribution < -0.4 is 5.32 Å². The van der Waals surface area contributed by atoms with Gasteiger partial charge in [-0.25, -0.2) is 4.39 Å². The van der Waals surface area contributed by atoms with Crippen molar-refractivity contribution in [2.24, 2.45) is 0 Å². The largest absolute Gasteiger partial charge is 0.455 e. The molecule has 114 valence electrons. The highest BCUT2D eigenvalue weighted by Crippen LogP contribution is 2.15. The first-order valence-corrected chi connectivity index (χ1v) is 7.28. The normalized spacial score (nSPS) is 10.1. The molecule has 0 aliphatic heterocycles. The van der Waals surface area contributed by atoms with E-state index in [1.807, 2.05) is 6.07 Å². The Kier molecular flexibility index (Phi) is 5.66. The Morgan fingerprint density at radius 1 is 1.14 bits per heavy atom. The fourth-order valence-corrected chi connectivity index (χ4v) is 2.13. The van der Waals surface area contributed by atoms with Crippen LogP contribution in [-0.4, -0.2) is 18.5 Å². The van der Waals surface area contributed by atoms with Crippen LogP contribution in [0.15, 0.2) is 53.0 Å². The van der Waals surface area contributed by atoms with Gasteiger partial charge in [-0.1, -0.05) is 34.1 Å². The summed E-state index contributed by atoms with van der Waals surface area (Å²) in [5.74, 6) is -1.34. The third-order valence-corrected chi connectivity index (χ3v) is 3.23. The fraction of sp³-hybridized carbons (Fsp3) is 0.125. The average Bonchev–Trinajstić information content (AvgIpc) is 2.48. The number of hydrogen-bond acceptors (Lipinski definition) is 3. The molecule has 2 aromatic rings. The van der Waals surface area contributed by atoms with Gasteiger partial charge in [-0.15, -0.1) is 0 Å². The van der Waals surface area contributed by atoms with Gasteiger partial charge in [-0.05, 0) is 35.9 Å². The molecule has 0 bridgehead atoms. The Hall–Kier alpha value is -2.21. The number of amides is 1. The van der Waals surface area contributed by atoms with E-state index < -0.39 is 11.9 Å². The number of carbonyl (C=O) groups is 2. The minimum absolute atomic E-state index is 0.00948. The quantitative estimate of drug-likeness (QED) is 0.827. The van der Waals surface area contributed by atoms with Crippen LogP contribution in [0.1, 0.15) is 5.56 Å². The van der Waals surface area contributed by atoms with E-state index in [4.69, 9.17) is 4.74 Å². The zero-order chi connectivity index (χ0) is 15.9. The predicted molar refractivity (Wildman–Crippen MR) is 83.8 cm³/mol. The highest BCUT2D eigenvalue weighted by Gasteiger charge is 2.09. The third kappa shape index (κ3) is 5.29. The smallest absolute Gasteiger partial charge is 0.310 e. The van der Waals surface area contributed by atoms with E-state index in [9.17, 15) is 14.0 Å². The van der Waals surface area contributed by atoms with E-state index in [-0.39, 0.29) is 18.8 Å². The molecule has 0 radical (unpaired) electrons. The van der Waals surface area contributed by atoms with Crippen LogP contribution in [0.5, 0.6) is 0 Å². The summed E-state index contributed by atoms with van der Waals surface area (Å²) in [6.45, 7) is -0.369. The summed E-state index contributed by atoms with van der Waals surface area (Å²) in [5, 5.41) is 2.61. The van der Waals surface area contributed by atoms with Crippen molar-refractivity contribution >= 4 is 33.5 Å². The number of rotatable bonds is 5. The second kappa shape index (κ2) is 7.70. The van der Waals surface area contributed by atoms with E-state index in [1.54, 1.807) is 18.2 Å². The Balaban J connectivity index is 1.78. The van der Waals surface area contributed by atoms with E-state index in [0.717, 1.165) is 4.47 Å². The van der Waals surface area contributed by atoms with E-state index >= 15 is 0 Å². The monoisotopic (exact) mass is 365 g/mol. The van der Waals surface area contributed by atoms with Gasteiger partial charge in [-0.3, -0.25) is 9.59 Å². The summed E-state index contributed by atoms with van der Waals surface area (Å²) in [6, 6.07) is 12.6. The molecular formula is C16H13BrFNO3. The van der Waals surface area contributed by atoms with Gasteiger partial charge in [0.1, 0.15) is 5.82 Å². The molecule has 0 atom stereocenters. The first-order chi connectivity index (χ1) is 10.5. The Morgan fingerprint density at radius 2 is 1.86 bits per heavy atom. The van der Waals surface area contributed by atoms with Crippen molar-refractivity contribution in [2.45, 2.75) is 6.42 Å². The Bertz CT molecular complexity index is 673. The molecule has 22 heavy (non-hydrogen) atoms. The number of carbonyl (C=O) groups excluding carboxylic acids is 2. The van der Waals surface area contributed by atoms with Gasteiger partial charge in [0.05, 0.1) is 6.42 Å². The second-order valence-electron chi connectivity index (χ2n) is 4.52. The van der Waals surface area contributed by atoms with E-state index in [2.05, 4.69) is 21.2 Å². The lowest BCUT2D eigenvalue weighted by Crippen LogP contribution is -2.21. The molecule has 4 nitrogen and oxygen atoms in total. The van der Waals surface area contributed by atoms with Gasteiger partial charge in [0.2, 0.25) is 0 Å². The first-order valence-electron chi connectivity index (χ1n) is 6.48.